The van der Waals surface area contributed by atoms with Crippen molar-refractivity contribution in [2.24, 2.45) is 7.05 Å². The number of nitrogens with zero attached hydrogens (tertiary/aromatic N) is 4. The summed E-state index contributed by atoms with van der Waals surface area (Å²) in [4.78, 5) is 14.5. The Balaban J connectivity index is 1.98. The van der Waals surface area contributed by atoms with Crippen LogP contribution in [-0.2, 0) is 17.8 Å². The summed E-state index contributed by atoms with van der Waals surface area (Å²) in [6.07, 6.45) is 5.50. The Morgan fingerprint density at radius 1 is 1.24 bits per heavy atom. The molecule has 1 unspecified atom stereocenters. The molecule has 0 aliphatic rings. The Morgan fingerprint density at radius 2 is 2.07 bits per heavy atom. The number of nitrogens with two attached hydrogens (primary N) is 1. The molecule has 2 N–H and O–H groups in total. The van der Waals surface area contributed by atoms with Crippen LogP contribution in [0, 0.1) is 6.92 Å². The van der Waals surface area contributed by atoms with Crippen molar-refractivity contribution in [3.63, 3.8) is 0 Å². The van der Waals surface area contributed by atoms with Crippen LogP contribution in [0.15, 0.2) is 40.9 Å². The third-order valence-electron chi connectivity index (χ3n) is 4.98. The van der Waals surface area contributed by atoms with Crippen molar-refractivity contribution in [2.75, 3.05) is 11.5 Å². The van der Waals surface area contributed by atoms with E-state index in [0.717, 1.165) is 51.5 Å². The summed E-state index contributed by atoms with van der Waals surface area (Å²) in [5.41, 5.74) is 10.5. The number of aromatic nitrogens is 4. The number of anilines is 1. The lowest BCUT2D eigenvalue weighted by Crippen LogP contribution is -2.00. The lowest BCUT2D eigenvalue weighted by Gasteiger charge is -2.09. The van der Waals surface area contributed by atoms with Crippen LogP contribution >= 0.6 is 11.3 Å². The van der Waals surface area contributed by atoms with Gasteiger partial charge in [-0.05, 0) is 31.5 Å². The van der Waals surface area contributed by atoms with Crippen LogP contribution in [0.25, 0.3) is 32.9 Å². The van der Waals surface area contributed by atoms with Gasteiger partial charge in [-0.3, -0.25) is 9.19 Å². The lowest BCUT2D eigenvalue weighted by molar-refractivity contribution is 0.681. The van der Waals surface area contributed by atoms with E-state index in [9.17, 15) is 4.21 Å². The van der Waals surface area contributed by atoms with Crippen LogP contribution in [0.3, 0.4) is 0 Å². The van der Waals surface area contributed by atoms with Gasteiger partial charge in [0, 0.05) is 29.9 Å². The fourth-order valence-corrected chi connectivity index (χ4v) is 6.03. The number of pyridine rings is 2. The van der Waals surface area contributed by atoms with Gasteiger partial charge in [-0.15, -0.1) is 11.3 Å². The molecule has 6 nitrogen and oxygen atoms in total. The van der Waals surface area contributed by atoms with Crippen molar-refractivity contribution in [1.29, 1.82) is 0 Å². The number of hydrogen-bond acceptors (Lipinski definition) is 6. The predicted octanol–water partition coefficient (Wildman–Crippen LogP) is 4.56. The maximum Gasteiger partial charge on any atom is 0.128 e. The summed E-state index contributed by atoms with van der Waals surface area (Å²) in [7, 11) is 0.851. The fourth-order valence-electron chi connectivity index (χ4n) is 3.24. The van der Waals surface area contributed by atoms with E-state index in [1.54, 1.807) is 6.20 Å². The zero-order chi connectivity index (χ0) is 20.5. The number of hydrogen-bond donors (Lipinski definition) is 1. The van der Waals surface area contributed by atoms with Gasteiger partial charge in [-0.1, -0.05) is 19.4 Å². The summed E-state index contributed by atoms with van der Waals surface area (Å²) >= 11 is 1.42. The van der Waals surface area contributed by atoms with E-state index < -0.39 is 10.8 Å². The van der Waals surface area contributed by atoms with E-state index in [4.69, 9.17) is 10.7 Å². The Kier molecular flexibility index (Phi) is 5.47. The van der Waals surface area contributed by atoms with Gasteiger partial charge >= 0.3 is 0 Å². The van der Waals surface area contributed by atoms with Gasteiger partial charge in [0.15, 0.2) is 0 Å². The minimum Gasteiger partial charge on any atom is -0.396 e. The molecule has 0 aliphatic carbocycles. The van der Waals surface area contributed by atoms with Gasteiger partial charge in [0.05, 0.1) is 39.8 Å². The lowest BCUT2D eigenvalue weighted by atomic mass is 10.1. The van der Waals surface area contributed by atoms with Gasteiger partial charge < -0.3 is 10.3 Å². The highest BCUT2D eigenvalue weighted by molar-refractivity contribution is 7.87. The molecule has 0 aromatic carbocycles. The topological polar surface area (TPSA) is 86.7 Å². The van der Waals surface area contributed by atoms with Crippen molar-refractivity contribution < 1.29 is 4.21 Å². The van der Waals surface area contributed by atoms with Gasteiger partial charge in [0.1, 0.15) is 14.9 Å². The second kappa shape index (κ2) is 8.04. The summed E-state index contributed by atoms with van der Waals surface area (Å²) in [6.45, 7) is 4.05. The molecule has 0 aliphatic heterocycles. The van der Waals surface area contributed by atoms with E-state index in [-0.39, 0.29) is 0 Å². The minimum absolute atomic E-state index is 0.563. The Bertz CT molecular complexity index is 1200. The molecule has 0 fully saturated rings. The van der Waals surface area contributed by atoms with Gasteiger partial charge in [-0.2, -0.15) is 0 Å². The Morgan fingerprint density at radius 3 is 2.72 bits per heavy atom. The molecular formula is C21H23N5OS2. The molecule has 4 aromatic heterocycles. The summed E-state index contributed by atoms with van der Waals surface area (Å²) in [6, 6.07) is 7.76. The third kappa shape index (κ3) is 3.58. The number of rotatable bonds is 6. The van der Waals surface area contributed by atoms with Crippen LogP contribution in [-0.4, -0.2) is 29.5 Å². The summed E-state index contributed by atoms with van der Waals surface area (Å²) in [5, 5.41) is 0.845. The van der Waals surface area contributed by atoms with Gasteiger partial charge in [0.2, 0.25) is 0 Å². The van der Waals surface area contributed by atoms with E-state index in [1.807, 2.05) is 49.0 Å². The quantitative estimate of drug-likeness (QED) is 0.489. The second-order valence-electron chi connectivity index (χ2n) is 6.91. The molecule has 4 aromatic rings. The van der Waals surface area contributed by atoms with E-state index in [0.29, 0.717) is 15.6 Å². The standard InChI is InChI=1S/C21H23N5OS2/c1-4-5-10-29(27)21-19(22)18-14(17-12-24-13(2)26(17)3)11-16(25-20(18)28-21)15-8-6-7-9-23-15/h6-9,11-12H,4-5,10,22H2,1-3H3. The first-order valence-electron chi connectivity index (χ1n) is 9.52. The average Bonchev–Trinajstić information content (AvgIpc) is 3.25. The first-order valence-corrected chi connectivity index (χ1v) is 11.7. The Labute approximate surface area is 176 Å². The zero-order valence-electron chi connectivity index (χ0n) is 16.7. The highest BCUT2D eigenvalue weighted by Crippen LogP contribution is 2.42. The normalized spacial score (nSPS) is 12.5. The SMILES string of the molecule is CCCCS(=O)c1sc2nc(-c3ccccn3)cc(-c3cnc(C)n3C)c2c1N. The second-order valence-corrected chi connectivity index (χ2v) is 9.67. The maximum absolute atomic E-state index is 12.9. The van der Waals surface area contributed by atoms with Gasteiger partial charge in [0.25, 0.3) is 0 Å². The zero-order valence-corrected chi connectivity index (χ0v) is 18.3. The molecule has 1 atom stereocenters. The molecule has 0 spiro atoms. The highest BCUT2D eigenvalue weighted by atomic mass is 32.2. The monoisotopic (exact) mass is 425 g/mol. The van der Waals surface area contributed by atoms with Crippen molar-refractivity contribution in [1.82, 2.24) is 19.5 Å². The third-order valence-corrected chi connectivity index (χ3v) is 7.97. The largest absolute Gasteiger partial charge is 0.396 e. The smallest absolute Gasteiger partial charge is 0.128 e. The van der Waals surface area contributed by atoms with Crippen LogP contribution in [0.4, 0.5) is 5.69 Å². The van der Waals surface area contributed by atoms with Crippen LogP contribution in [0.1, 0.15) is 25.6 Å². The molecule has 0 saturated heterocycles. The van der Waals surface area contributed by atoms with Crippen LogP contribution < -0.4 is 5.73 Å². The Hall–Kier alpha value is -2.58. The number of aryl methyl sites for hydroxylation is 1. The molecule has 4 heterocycles. The molecule has 150 valence electrons. The van der Waals surface area contributed by atoms with E-state index in [1.165, 1.54) is 11.3 Å². The first kappa shape index (κ1) is 19.7. The fraction of sp³-hybridized carbons (Fsp3) is 0.286. The first-order chi connectivity index (χ1) is 14.0. The van der Waals surface area contributed by atoms with Gasteiger partial charge in [-0.25, -0.2) is 9.97 Å². The molecular weight excluding hydrogens is 402 g/mol. The molecule has 0 amide bonds. The molecule has 29 heavy (non-hydrogen) atoms. The molecule has 0 radical (unpaired) electrons. The number of fused-ring (bicyclic) bond motifs is 1. The van der Waals surface area contributed by atoms with Crippen molar-refractivity contribution >= 4 is 38.0 Å². The average molecular weight is 426 g/mol. The summed E-state index contributed by atoms with van der Waals surface area (Å²) in [5.74, 6) is 1.52. The maximum atomic E-state index is 12.9. The molecule has 0 bridgehead atoms. The van der Waals surface area contributed by atoms with Crippen molar-refractivity contribution in [2.45, 2.75) is 30.9 Å². The number of imidazole rings is 1. The molecule has 8 heteroatoms. The number of unbranched alkanes of at least 4 members (excludes halogenated alkanes) is 1. The number of nitrogen functional groups attached to an aromatic ring is 1. The minimum atomic E-state index is -1.13. The van der Waals surface area contributed by atoms with E-state index >= 15 is 0 Å². The highest BCUT2D eigenvalue weighted by Gasteiger charge is 2.22. The molecule has 4 rings (SSSR count). The van der Waals surface area contributed by atoms with Crippen LogP contribution in [0.5, 0.6) is 0 Å². The number of thiophene rings is 1. The van der Waals surface area contributed by atoms with E-state index in [2.05, 4.69) is 16.9 Å². The van der Waals surface area contributed by atoms with Crippen molar-refractivity contribution in [3.8, 4) is 22.6 Å². The van der Waals surface area contributed by atoms with Crippen LogP contribution in [0.2, 0.25) is 0 Å². The summed E-state index contributed by atoms with van der Waals surface area (Å²) < 4.78 is 15.6. The predicted molar refractivity (Wildman–Crippen MR) is 120 cm³/mol. The van der Waals surface area contributed by atoms with Crippen molar-refractivity contribution in [3.05, 3.63) is 42.5 Å². The molecule has 0 saturated carbocycles.